The Balaban J connectivity index is 0.804. The van der Waals surface area contributed by atoms with Crippen LogP contribution in [-0.4, -0.2) is 33.2 Å². The van der Waals surface area contributed by atoms with Crippen molar-refractivity contribution in [2.75, 3.05) is 0 Å². The Morgan fingerprint density at radius 1 is 0.189 bits per heavy atom. The molecule has 0 saturated heterocycles. The smallest absolute Gasteiger partial charge is 0.241 e. The Bertz CT molecular complexity index is 6180. The molecule has 0 N–H and O–H groups in total. The molecule has 0 spiro atoms. The molecule has 9 nitrogen and oxygen atoms in total. The number of benzene rings is 13. The summed E-state index contributed by atoms with van der Waals surface area (Å²) < 4.78 is 21.6. The van der Waals surface area contributed by atoms with Gasteiger partial charge < -0.3 is 13.4 Å². The Labute approximate surface area is 512 Å². The van der Waals surface area contributed by atoms with Crippen LogP contribution in [0.3, 0.4) is 0 Å². The number of hydrogen-bond donors (Lipinski definition) is 0. The van der Waals surface area contributed by atoms with Crippen molar-refractivity contribution in [3.05, 3.63) is 285 Å². The van der Waals surface area contributed by atoms with E-state index >= 15 is 0 Å². The summed E-state index contributed by atoms with van der Waals surface area (Å²) in [4.78, 5) is 17.0. The molecule has 0 atom stereocenters. The van der Waals surface area contributed by atoms with Crippen molar-refractivity contribution in [2.24, 2.45) is 0 Å². The second-order valence-electron chi connectivity index (χ2n) is 23.5. The molecule has 0 aliphatic rings. The zero-order chi connectivity index (χ0) is 58.7. The van der Waals surface area contributed by atoms with Crippen LogP contribution < -0.4 is 0 Å². The van der Waals surface area contributed by atoms with Crippen LogP contribution in [0.1, 0.15) is 0 Å². The first-order valence-corrected chi connectivity index (χ1v) is 30.4. The maximum Gasteiger partial charge on any atom is 0.241 e. The number of fused-ring (bicyclic) bond motifs is 18. The lowest BCUT2D eigenvalue weighted by Crippen LogP contribution is -2.13. The normalized spacial score (nSPS) is 12.2. The van der Waals surface area contributed by atoms with Gasteiger partial charge in [0.1, 0.15) is 22.3 Å². The Morgan fingerprint density at radius 2 is 0.444 bits per heavy atom. The third kappa shape index (κ3) is 7.11. The van der Waals surface area contributed by atoms with Crippen LogP contribution in [0.5, 0.6) is 0 Å². The van der Waals surface area contributed by atoms with E-state index < -0.39 is 0 Å². The number of rotatable bonds is 7. The fraction of sp³-hybridized carbons (Fsp3) is 0. The molecule has 13 aromatic carbocycles. The van der Waals surface area contributed by atoms with Crippen LogP contribution in [0.4, 0.5) is 0 Å². The van der Waals surface area contributed by atoms with Gasteiger partial charge in [0.05, 0.1) is 44.1 Å². The van der Waals surface area contributed by atoms with Crippen molar-refractivity contribution in [3.63, 3.8) is 0 Å². The highest BCUT2D eigenvalue weighted by Crippen LogP contribution is 2.43. The molecule has 0 radical (unpaired) electrons. The molecule has 7 heterocycles. The minimum atomic E-state index is 0.494. The molecule has 0 fully saturated rings. The lowest BCUT2D eigenvalue weighted by atomic mass is 10.0. The SMILES string of the molecule is c1ccc(-n2c3ccccc3c3cc(-c4ccc5c(c4)c4ccccc4n5-c4nc(-n5c6ccccc6c6cc(-c7ccc8oc9ccccc9c8c7)ccc65)nc(-n5c6ccccc6c6cc(-c7ccc8oc9ccccc9c8c7)ccc65)n4)ccc32)cc1. The number of nitrogens with zero attached hydrogens (tertiary/aromatic N) is 7. The van der Waals surface area contributed by atoms with Crippen LogP contribution in [0, 0.1) is 0 Å². The van der Waals surface area contributed by atoms with E-state index in [0.717, 1.165) is 148 Å². The molecule has 0 aliphatic carbocycles. The Kier molecular flexibility index (Phi) is 10.1. The summed E-state index contributed by atoms with van der Waals surface area (Å²) in [6.45, 7) is 0. The molecule has 9 heteroatoms. The van der Waals surface area contributed by atoms with E-state index in [9.17, 15) is 0 Å². The molecule has 0 aliphatic heterocycles. The Morgan fingerprint density at radius 3 is 0.811 bits per heavy atom. The summed E-state index contributed by atoms with van der Waals surface area (Å²) in [5.41, 5.74) is 19.5. The van der Waals surface area contributed by atoms with Gasteiger partial charge in [-0.3, -0.25) is 13.7 Å². The lowest BCUT2D eigenvalue weighted by Gasteiger charge is -2.14. The predicted molar refractivity (Wildman–Crippen MR) is 368 cm³/mol. The van der Waals surface area contributed by atoms with Gasteiger partial charge in [0.15, 0.2) is 0 Å². The topological polar surface area (TPSA) is 84.7 Å². The van der Waals surface area contributed by atoms with E-state index in [4.69, 9.17) is 23.8 Å². The van der Waals surface area contributed by atoms with E-state index in [1.807, 2.05) is 24.3 Å². The standard InChI is InChI=1S/C81H47N7O2/c1-2-16-54(17-3-1)85-67-24-10-4-18-55(67)61-42-48(30-36-71(61)85)49-31-37-72-62(43-49)56-19-5-11-25-68(56)86(72)79-82-80(87-69-26-12-6-20-57(69)63-44-50(32-38-73(63)87)52-34-40-77-65(46-52)59-22-8-14-28-75(59)89-77)84-81(83-79)88-70-27-13-7-21-58(70)64-45-51(33-39-74(64)88)53-35-41-78-66(47-53)60-23-9-15-29-76(60)90-78/h1-47H. The number of hydrogen-bond acceptors (Lipinski definition) is 5. The predicted octanol–water partition coefficient (Wildman–Crippen LogP) is 21.1. The zero-order valence-electron chi connectivity index (χ0n) is 48.1. The molecule has 0 amide bonds. The highest BCUT2D eigenvalue weighted by Gasteiger charge is 2.25. The maximum atomic E-state index is 6.27. The van der Waals surface area contributed by atoms with Crippen molar-refractivity contribution in [1.29, 1.82) is 0 Å². The first-order valence-electron chi connectivity index (χ1n) is 30.4. The van der Waals surface area contributed by atoms with Gasteiger partial charge in [-0.1, -0.05) is 164 Å². The van der Waals surface area contributed by atoms with E-state index in [1.54, 1.807) is 0 Å². The van der Waals surface area contributed by atoms with Gasteiger partial charge in [0.25, 0.3) is 0 Å². The molecule has 0 saturated carbocycles. The average molecular weight is 1150 g/mol. The molecule has 7 aromatic heterocycles. The summed E-state index contributed by atoms with van der Waals surface area (Å²) in [7, 11) is 0. The van der Waals surface area contributed by atoms with Crippen LogP contribution in [-0.2, 0) is 0 Å². The lowest BCUT2D eigenvalue weighted by molar-refractivity contribution is 0.668. The van der Waals surface area contributed by atoms with Crippen LogP contribution in [0.2, 0.25) is 0 Å². The van der Waals surface area contributed by atoms with Crippen molar-refractivity contribution >= 4 is 131 Å². The molecular weight excluding hydrogens is 1100 g/mol. The quantitative estimate of drug-likeness (QED) is 0.159. The van der Waals surface area contributed by atoms with E-state index in [-0.39, 0.29) is 0 Å². The third-order valence-corrected chi connectivity index (χ3v) is 18.7. The average Bonchev–Trinajstić information content (AvgIpc) is 1.90. The summed E-state index contributed by atoms with van der Waals surface area (Å²) in [6.07, 6.45) is 0. The van der Waals surface area contributed by atoms with Crippen molar-refractivity contribution in [3.8, 4) is 56.9 Å². The number of aromatic nitrogens is 7. The van der Waals surface area contributed by atoms with Crippen LogP contribution >= 0.6 is 0 Å². The summed E-state index contributed by atoms with van der Waals surface area (Å²) in [6, 6.07) is 102. The van der Waals surface area contributed by atoms with E-state index in [2.05, 4.69) is 279 Å². The molecule has 20 rings (SSSR count). The monoisotopic (exact) mass is 1150 g/mol. The third-order valence-electron chi connectivity index (χ3n) is 18.7. The van der Waals surface area contributed by atoms with Crippen molar-refractivity contribution in [2.45, 2.75) is 0 Å². The zero-order valence-corrected chi connectivity index (χ0v) is 48.1. The fourth-order valence-electron chi connectivity index (χ4n) is 14.6. The van der Waals surface area contributed by atoms with Gasteiger partial charge in [-0.15, -0.1) is 0 Å². The van der Waals surface area contributed by atoms with Gasteiger partial charge in [0, 0.05) is 70.3 Å². The molecule has 90 heavy (non-hydrogen) atoms. The number of furan rings is 2. The second kappa shape index (κ2) is 18.6. The minimum Gasteiger partial charge on any atom is -0.456 e. The first kappa shape index (κ1) is 48.9. The first-order chi connectivity index (χ1) is 44.6. The van der Waals surface area contributed by atoms with Gasteiger partial charge >= 0.3 is 0 Å². The summed E-state index contributed by atoms with van der Waals surface area (Å²) in [5.74, 6) is 1.48. The van der Waals surface area contributed by atoms with Crippen LogP contribution in [0.25, 0.3) is 188 Å². The highest BCUT2D eigenvalue weighted by molar-refractivity contribution is 6.15. The number of para-hydroxylation sites is 7. The van der Waals surface area contributed by atoms with Gasteiger partial charge in [-0.2, -0.15) is 15.0 Å². The van der Waals surface area contributed by atoms with Crippen LogP contribution in [0.15, 0.2) is 294 Å². The summed E-state index contributed by atoms with van der Waals surface area (Å²) in [5, 5.41) is 13.3. The van der Waals surface area contributed by atoms with E-state index in [1.165, 1.54) is 21.8 Å². The molecule has 0 unspecified atom stereocenters. The molecule has 0 bridgehead atoms. The van der Waals surface area contributed by atoms with Gasteiger partial charge in [-0.25, -0.2) is 0 Å². The van der Waals surface area contributed by atoms with E-state index in [0.29, 0.717) is 17.8 Å². The summed E-state index contributed by atoms with van der Waals surface area (Å²) >= 11 is 0. The van der Waals surface area contributed by atoms with Gasteiger partial charge in [-0.05, 0) is 155 Å². The maximum absolute atomic E-state index is 6.27. The second-order valence-corrected chi connectivity index (χ2v) is 23.5. The largest absolute Gasteiger partial charge is 0.456 e. The fourth-order valence-corrected chi connectivity index (χ4v) is 14.6. The van der Waals surface area contributed by atoms with Crippen molar-refractivity contribution in [1.82, 2.24) is 33.2 Å². The van der Waals surface area contributed by atoms with Crippen molar-refractivity contribution < 1.29 is 8.83 Å². The molecular formula is C81H47N7O2. The minimum absolute atomic E-state index is 0.494. The Hall–Kier alpha value is -12.3. The van der Waals surface area contributed by atoms with Gasteiger partial charge in [0.2, 0.25) is 17.8 Å². The molecule has 418 valence electrons. The molecule has 20 aromatic rings. The highest BCUT2D eigenvalue weighted by atomic mass is 16.3.